The van der Waals surface area contributed by atoms with Crippen LogP contribution in [0.3, 0.4) is 0 Å². The normalized spacial score (nSPS) is 10.4. The average molecular weight is 368 g/mol. The van der Waals surface area contributed by atoms with Crippen LogP contribution in [0.5, 0.6) is 11.5 Å². The fraction of sp³-hybridized carbons (Fsp3) is 0.200. The van der Waals surface area contributed by atoms with E-state index in [-0.39, 0.29) is 5.91 Å². The minimum atomic E-state index is -0.151. The van der Waals surface area contributed by atoms with Gasteiger partial charge < -0.3 is 14.8 Å². The summed E-state index contributed by atoms with van der Waals surface area (Å²) in [6.45, 7) is 2.62. The second-order valence-corrected chi connectivity index (χ2v) is 6.54. The summed E-state index contributed by atoms with van der Waals surface area (Å²) in [5.74, 6) is 1.29. The maximum atomic E-state index is 12.4. The smallest absolute Gasteiger partial charge is 0.253 e. The number of methoxy groups -OCH3 is 1. The number of nitrogens with zero attached hydrogens (tertiary/aromatic N) is 1. The summed E-state index contributed by atoms with van der Waals surface area (Å²) in [4.78, 5) is 18.0. The van der Waals surface area contributed by atoms with Crippen molar-refractivity contribution in [3.8, 4) is 22.1 Å². The van der Waals surface area contributed by atoms with Gasteiger partial charge in [0, 0.05) is 6.07 Å². The monoisotopic (exact) mass is 368 g/mol. The number of hydrogen-bond donors (Lipinski definition) is 1. The van der Waals surface area contributed by atoms with Crippen LogP contribution in [0.15, 0.2) is 53.9 Å². The van der Waals surface area contributed by atoms with Gasteiger partial charge in [0.1, 0.15) is 18.1 Å². The molecule has 0 fully saturated rings. The van der Waals surface area contributed by atoms with E-state index >= 15 is 0 Å². The van der Waals surface area contributed by atoms with Crippen molar-refractivity contribution in [1.82, 2.24) is 10.3 Å². The molecule has 1 aromatic carbocycles. The molecule has 0 radical (unpaired) electrons. The molecule has 1 amide bonds. The first kappa shape index (κ1) is 17.9. The highest BCUT2D eigenvalue weighted by Gasteiger charge is 2.11. The summed E-state index contributed by atoms with van der Waals surface area (Å²) in [5.41, 5.74) is 2.17. The lowest BCUT2D eigenvalue weighted by Gasteiger charge is -2.10. The van der Waals surface area contributed by atoms with Gasteiger partial charge in [-0.2, -0.15) is 0 Å². The number of aromatic nitrogens is 1. The first-order valence-corrected chi connectivity index (χ1v) is 9.12. The van der Waals surface area contributed by atoms with E-state index in [0.717, 1.165) is 16.3 Å². The Kier molecular flexibility index (Phi) is 5.86. The second-order valence-electron chi connectivity index (χ2n) is 5.59. The summed E-state index contributed by atoms with van der Waals surface area (Å²) in [6.07, 6.45) is 0. The Labute approximate surface area is 156 Å². The van der Waals surface area contributed by atoms with Crippen molar-refractivity contribution in [2.45, 2.75) is 6.92 Å². The van der Waals surface area contributed by atoms with Crippen molar-refractivity contribution in [2.75, 3.05) is 20.3 Å². The van der Waals surface area contributed by atoms with Crippen LogP contribution < -0.4 is 14.8 Å². The van der Waals surface area contributed by atoms with Crippen LogP contribution in [0, 0.1) is 6.92 Å². The molecule has 0 unspecified atom stereocenters. The van der Waals surface area contributed by atoms with Gasteiger partial charge in [0.15, 0.2) is 0 Å². The van der Waals surface area contributed by atoms with Crippen LogP contribution in [0.25, 0.3) is 10.6 Å². The number of benzene rings is 1. The highest BCUT2D eigenvalue weighted by molar-refractivity contribution is 7.13. The van der Waals surface area contributed by atoms with Gasteiger partial charge in [-0.1, -0.05) is 12.1 Å². The summed E-state index contributed by atoms with van der Waals surface area (Å²) < 4.78 is 10.8. The highest BCUT2D eigenvalue weighted by Crippen LogP contribution is 2.23. The molecule has 0 spiro atoms. The Bertz CT molecular complexity index is 879. The minimum Gasteiger partial charge on any atom is -0.497 e. The Morgan fingerprint density at radius 3 is 2.73 bits per heavy atom. The summed E-state index contributed by atoms with van der Waals surface area (Å²) in [5, 5.41) is 4.87. The Balaban J connectivity index is 1.53. The molecule has 3 aromatic rings. The van der Waals surface area contributed by atoms with Crippen LogP contribution in [0.4, 0.5) is 0 Å². The van der Waals surface area contributed by atoms with Crippen LogP contribution in [-0.4, -0.2) is 31.2 Å². The molecule has 3 rings (SSSR count). The lowest BCUT2D eigenvalue weighted by Crippen LogP contribution is -2.28. The van der Waals surface area contributed by atoms with E-state index in [0.29, 0.717) is 30.2 Å². The molecule has 26 heavy (non-hydrogen) atoms. The summed E-state index contributed by atoms with van der Waals surface area (Å²) in [6, 6.07) is 15.1. The van der Waals surface area contributed by atoms with Crippen LogP contribution in [-0.2, 0) is 0 Å². The fourth-order valence-electron chi connectivity index (χ4n) is 2.48. The largest absolute Gasteiger partial charge is 0.497 e. The van der Waals surface area contributed by atoms with Gasteiger partial charge in [-0.25, -0.2) is 0 Å². The van der Waals surface area contributed by atoms with Crippen LogP contribution in [0.2, 0.25) is 0 Å². The van der Waals surface area contributed by atoms with Crippen molar-refractivity contribution in [1.29, 1.82) is 0 Å². The van der Waals surface area contributed by atoms with E-state index in [1.165, 1.54) is 0 Å². The van der Waals surface area contributed by atoms with Crippen molar-refractivity contribution in [3.05, 3.63) is 65.2 Å². The van der Waals surface area contributed by atoms with Gasteiger partial charge in [0.2, 0.25) is 0 Å². The number of carbonyl (C=O) groups is 1. The molecule has 0 aliphatic rings. The zero-order valence-electron chi connectivity index (χ0n) is 14.7. The van der Waals surface area contributed by atoms with Crippen molar-refractivity contribution < 1.29 is 14.3 Å². The van der Waals surface area contributed by atoms with Crippen molar-refractivity contribution in [2.24, 2.45) is 0 Å². The molecule has 0 bridgehead atoms. The molecule has 5 nitrogen and oxygen atoms in total. The Morgan fingerprint density at radius 2 is 2.00 bits per heavy atom. The number of pyridine rings is 1. The van der Waals surface area contributed by atoms with Crippen LogP contribution in [0.1, 0.15) is 16.1 Å². The molecule has 1 N–H and O–H groups in total. The molecular formula is C20H20N2O3S. The molecular weight excluding hydrogens is 348 g/mol. The maximum absolute atomic E-state index is 12.4. The number of hydrogen-bond acceptors (Lipinski definition) is 5. The van der Waals surface area contributed by atoms with E-state index in [9.17, 15) is 4.79 Å². The molecule has 134 valence electrons. The number of nitrogens with one attached hydrogen (secondary N) is 1. The van der Waals surface area contributed by atoms with Crippen LogP contribution >= 0.6 is 11.3 Å². The molecule has 0 aliphatic heterocycles. The van der Waals surface area contributed by atoms with Gasteiger partial charge in [-0.05, 0) is 42.6 Å². The maximum Gasteiger partial charge on any atom is 0.253 e. The summed E-state index contributed by atoms with van der Waals surface area (Å²) in [7, 11) is 1.61. The van der Waals surface area contributed by atoms with Gasteiger partial charge in [-0.3, -0.25) is 9.78 Å². The first-order chi connectivity index (χ1) is 12.7. The molecule has 0 aliphatic carbocycles. The third-order valence-electron chi connectivity index (χ3n) is 3.80. The zero-order chi connectivity index (χ0) is 18.4. The minimum absolute atomic E-state index is 0.151. The third-order valence-corrected chi connectivity index (χ3v) is 4.69. The number of thiophene rings is 1. The topological polar surface area (TPSA) is 60.5 Å². The predicted octanol–water partition coefficient (Wildman–Crippen LogP) is 3.94. The van der Waals surface area contributed by atoms with E-state index in [1.807, 2.05) is 54.8 Å². The van der Waals surface area contributed by atoms with E-state index in [4.69, 9.17) is 9.47 Å². The molecule has 0 saturated heterocycles. The average Bonchev–Trinajstić information content (AvgIpc) is 3.20. The molecule has 0 atom stereocenters. The Morgan fingerprint density at radius 1 is 1.15 bits per heavy atom. The third kappa shape index (κ3) is 4.40. The SMILES string of the molecule is COc1cccc(OCCNC(=O)c2ccc(-c3cccs3)nc2C)c1. The quantitative estimate of drug-likeness (QED) is 0.642. The highest BCUT2D eigenvalue weighted by atomic mass is 32.1. The van der Waals surface area contributed by atoms with Crippen molar-refractivity contribution in [3.63, 3.8) is 0 Å². The van der Waals surface area contributed by atoms with Gasteiger partial charge in [-0.15, -0.1) is 11.3 Å². The van der Waals surface area contributed by atoms with Gasteiger partial charge >= 0.3 is 0 Å². The second kappa shape index (κ2) is 8.49. The number of amides is 1. The van der Waals surface area contributed by atoms with E-state index in [2.05, 4.69) is 10.3 Å². The number of carbonyl (C=O) groups excluding carboxylic acids is 1. The van der Waals surface area contributed by atoms with Crippen molar-refractivity contribution >= 4 is 17.2 Å². The summed E-state index contributed by atoms with van der Waals surface area (Å²) >= 11 is 1.63. The van der Waals surface area contributed by atoms with E-state index in [1.54, 1.807) is 24.5 Å². The lowest BCUT2D eigenvalue weighted by atomic mass is 10.1. The Hall–Kier alpha value is -2.86. The zero-order valence-corrected chi connectivity index (χ0v) is 15.5. The standard InChI is InChI=1S/C20H20N2O3S/c1-14-17(8-9-18(22-14)19-7-4-12-26-19)20(23)21-10-11-25-16-6-3-5-15(13-16)24-2/h3-9,12-13H,10-11H2,1-2H3,(H,21,23). The number of ether oxygens (including phenoxy) is 2. The number of aryl methyl sites for hydroxylation is 1. The van der Waals surface area contributed by atoms with E-state index < -0.39 is 0 Å². The first-order valence-electron chi connectivity index (χ1n) is 8.24. The van der Waals surface area contributed by atoms with Gasteiger partial charge in [0.25, 0.3) is 5.91 Å². The van der Waals surface area contributed by atoms with Gasteiger partial charge in [0.05, 0.1) is 35.5 Å². The predicted molar refractivity (Wildman–Crippen MR) is 103 cm³/mol. The molecule has 2 aromatic heterocycles. The molecule has 2 heterocycles. The fourth-order valence-corrected chi connectivity index (χ4v) is 3.18. The number of rotatable bonds is 7. The molecule has 6 heteroatoms. The molecule has 0 saturated carbocycles. The lowest BCUT2D eigenvalue weighted by molar-refractivity contribution is 0.0946.